The minimum absolute atomic E-state index is 0.0795. The van der Waals surface area contributed by atoms with Crippen molar-refractivity contribution in [3.05, 3.63) is 71.0 Å². The molecule has 1 heterocycles. The van der Waals surface area contributed by atoms with Gasteiger partial charge in [-0.3, -0.25) is 14.4 Å². The van der Waals surface area contributed by atoms with E-state index in [0.717, 1.165) is 5.56 Å². The number of nitrogens with zero attached hydrogens (tertiary/aromatic N) is 2. The van der Waals surface area contributed by atoms with Crippen molar-refractivity contribution >= 4 is 17.7 Å². The average molecular weight is 454 g/mol. The molecule has 1 aliphatic heterocycles. The summed E-state index contributed by atoms with van der Waals surface area (Å²) in [5, 5.41) is 2.99. The van der Waals surface area contributed by atoms with Gasteiger partial charge >= 0.3 is 0 Å². The zero-order chi connectivity index (χ0) is 24.0. The molecular weight excluding hydrogens is 421 g/mol. The molecule has 1 N–H and O–H groups in total. The molecule has 7 heteroatoms. The van der Waals surface area contributed by atoms with Gasteiger partial charge in [0.25, 0.3) is 11.8 Å². The van der Waals surface area contributed by atoms with Crippen molar-refractivity contribution in [2.75, 3.05) is 26.2 Å². The molecule has 2 aromatic carbocycles. The summed E-state index contributed by atoms with van der Waals surface area (Å²) >= 11 is 0. The van der Waals surface area contributed by atoms with Crippen LogP contribution in [0.15, 0.2) is 48.5 Å². The Hall–Kier alpha value is -3.22. The van der Waals surface area contributed by atoms with Crippen LogP contribution < -0.4 is 5.32 Å². The first-order valence-electron chi connectivity index (χ1n) is 11.5. The van der Waals surface area contributed by atoms with Crippen molar-refractivity contribution in [3.8, 4) is 0 Å². The Morgan fingerprint density at radius 1 is 1.03 bits per heavy atom. The number of benzene rings is 2. The minimum atomic E-state index is -0.652. The number of hydrogen-bond donors (Lipinski definition) is 1. The monoisotopic (exact) mass is 453 g/mol. The molecule has 1 atom stereocenters. The number of piperidine rings is 1. The third-order valence-corrected chi connectivity index (χ3v) is 6.30. The van der Waals surface area contributed by atoms with Crippen molar-refractivity contribution < 1.29 is 18.8 Å². The fraction of sp³-hybridized carbons (Fsp3) is 0.423. The summed E-state index contributed by atoms with van der Waals surface area (Å²) in [6.07, 6.45) is 1.19. The van der Waals surface area contributed by atoms with Gasteiger partial charge in [-0.15, -0.1) is 0 Å². The second-order valence-corrected chi connectivity index (χ2v) is 8.47. The summed E-state index contributed by atoms with van der Waals surface area (Å²) in [5.41, 5.74) is 1.94. The van der Waals surface area contributed by atoms with Crippen LogP contribution in [0.25, 0.3) is 0 Å². The summed E-state index contributed by atoms with van der Waals surface area (Å²) < 4.78 is 13.2. The molecule has 0 saturated carbocycles. The third-order valence-electron chi connectivity index (χ3n) is 6.30. The van der Waals surface area contributed by atoms with Crippen LogP contribution in [0.2, 0.25) is 0 Å². The van der Waals surface area contributed by atoms with Crippen LogP contribution in [0, 0.1) is 18.7 Å². The van der Waals surface area contributed by atoms with E-state index in [1.165, 1.54) is 24.3 Å². The largest absolute Gasteiger partial charge is 0.341 e. The quantitative estimate of drug-likeness (QED) is 0.696. The molecule has 3 rings (SSSR count). The van der Waals surface area contributed by atoms with Crippen LogP contribution in [-0.2, 0) is 4.79 Å². The van der Waals surface area contributed by atoms with Gasteiger partial charge in [-0.1, -0.05) is 17.7 Å². The Kier molecular flexibility index (Phi) is 8.20. The van der Waals surface area contributed by atoms with E-state index in [-0.39, 0.29) is 29.5 Å². The van der Waals surface area contributed by atoms with Gasteiger partial charge in [0.05, 0.1) is 0 Å². The molecule has 0 unspecified atom stereocenters. The number of likely N-dealkylation sites (N-methyl/N-ethyl adjacent to an activating group) is 1. The number of halogens is 1. The second-order valence-electron chi connectivity index (χ2n) is 8.47. The van der Waals surface area contributed by atoms with E-state index < -0.39 is 6.04 Å². The average Bonchev–Trinajstić information content (AvgIpc) is 2.83. The van der Waals surface area contributed by atoms with Gasteiger partial charge in [-0.2, -0.15) is 0 Å². The first-order valence-corrected chi connectivity index (χ1v) is 11.5. The molecule has 0 aromatic heterocycles. The van der Waals surface area contributed by atoms with Crippen LogP contribution >= 0.6 is 0 Å². The topological polar surface area (TPSA) is 69.7 Å². The highest BCUT2D eigenvalue weighted by atomic mass is 19.1. The maximum Gasteiger partial charge on any atom is 0.253 e. The smallest absolute Gasteiger partial charge is 0.253 e. The number of aryl methyl sites for hydroxylation is 1. The molecule has 0 aliphatic carbocycles. The van der Waals surface area contributed by atoms with Crippen molar-refractivity contribution in [1.82, 2.24) is 15.1 Å². The predicted molar refractivity (Wildman–Crippen MR) is 125 cm³/mol. The lowest BCUT2D eigenvalue weighted by atomic mass is 9.87. The lowest BCUT2D eigenvalue weighted by molar-refractivity contribution is -0.134. The zero-order valence-corrected chi connectivity index (χ0v) is 19.5. The third kappa shape index (κ3) is 5.97. The Morgan fingerprint density at radius 3 is 2.24 bits per heavy atom. The second kappa shape index (κ2) is 11.1. The molecule has 33 heavy (non-hydrogen) atoms. The molecule has 1 aliphatic rings. The zero-order valence-electron chi connectivity index (χ0n) is 19.5. The van der Waals surface area contributed by atoms with Gasteiger partial charge in [-0.05, 0) is 75.9 Å². The van der Waals surface area contributed by atoms with Gasteiger partial charge in [0.2, 0.25) is 5.91 Å². The molecule has 1 fully saturated rings. The molecule has 2 aromatic rings. The molecule has 3 amide bonds. The van der Waals surface area contributed by atoms with Crippen molar-refractivity contribution in [3.63, 3.8) is 0 Å². The molecule has 0 bridgehead atoms. The first-order chi connectivity index (χ1) is 15.8. The van der Waals surface area contributed by atoms with E-state index in [9.17, 15) is 18.8 Å². The molecule has 0 radical (unpaired) electrons. The van der Waals surface area contributed by atoms with Crippen LogP contribution in [0.4, 0.5) is 4.39 Å². The number of carbonyl (C=O) groups excluding carboxylic acids is 3. The molecule has 6 nitrogen and oxygen atoms in total. The lowest BCUT2D eigenvalue weighted by Crippen LogP contribution is -2.54. The number of nitrogens with one attached hydrogen (secondary N) is 1. The highest BCUT2D eigenvalue weighted by molar-refractivity contribution is 5.98. The number of carbonyl (C=O) groups is 3. The van der Waals surface area contributed by atoms with E-state index >= 15 is 0 Å². The number of amides is 3. The predicted octanol–water partition coefficient (Wildman–Crippen LogP) is 3.65. The highest BCUT2D eigenvalue weighted by Crippen LogP contribution is 2.24. The van der Waals surface area contributed by atoms with Gasteiger partial charge < -0.3 is 15.1 Å². The van der Waals surface area contributed by atoms with Crippen LogP contribution in [-0.4, -0.2) is 59.7 Å². The molecule has 176 valence electrons. The van der Waals surface area contributed by atoms with Gasteiger partial charge in [-0.25, -0.2) is 4.39 Å². The number of hydrogen-bond acceptors (Lipinski definition) is 3. The Bertz CT molecular complexity index is 981. The van der Waals surface area contributed by atoms with E-state index in [0.29, 0.717) is 50.1 Å². The van der Waals surface area contributed by atoms with E-state index in [2.05, 4.69) is 5.32 Å². The maximum atomic E-state index is 13.3. The Balaban J connectivity index is 1.73. The number of likely N-dealkylation sites (tertiary alicyclic amines) is 1. The van der Waals surface area contributed by atoms with Gasteiger partial charge in [0, 0.05) is 37.3 Å². The summed E-state index contributed by atoms with van der Waals surface area (Å²) in [6.45, 7) is 7.84. The first kappa shape index (κ1) is 24.4. The van der Waals surface area contributed by atoms with E-state index in [1.807, 2.05) is 32.9 Å². The number of rotatable bonds is 7. The standard InChI is InChI=1S/C26H32FN3O3/c1-4-29(5-2)26(33)23(28-24(31)21-8-6-7-18(3)17-21)19-13-15-30(16-14-19)25(32)20-9-11-22(27)12-10-20/h6-12,17,19,23H,4-5,13-16H2,1-3H3,(H,28,31)/t23-/m1/s1. The SMILES string of the molecule is CCN(CC)C(=O)[C@H](NC(=O)c1cccc(C)c1)C1CCN(C(=O)c2ccc(F)cc2)CC1. The van der Waals surface area contributed by atoms with Gasteiger partial charge in [0.1, 0.15) is 11.9 Å². The highest BCUT2D eigenvalue weighted by Gasteiger charge is 2.35. The van der Waals surface area contributed by atoms with Crippen molar-refractivity contribution in [2.45, 2.75) is 39.7 Å². The summed E-state index contributed by atoms with van der Waals surface area (Å²) in [4.78, 5) is 42.5. The Morgan fingerprint density at radius 2 is 1.67 bits per heavy atom. The fourth-order valence-corrected chi connectivity index (χ4v) is 4.33. The van der Waals surface area contributed by atoms with E-state index in [1.54, 1.807) is 21.9 Å². The normalized spacial score (nSPS) is 15.1. The van der Waals surface area contributed by atoms with Crippen molar-refractivity contribution in [1.29, 1.82) is 0 Å². The maximum absolute atomic E-state index is 13.3. The minimum Gasteiger partial charge on any atom is -0.341 e. The van der Waals surface area contributed by atoms with Gasteiger partial charge in [0.15, 0.2) is 0 Å². The lowest BCUT2D eigenvalue weighted by Gasteiger charge is -2.37. The summed E-state index contributed by atoms with van der Waals surface area (Å²) in [5.74, 6) is -0.973. The summed E-state index contributed by atoms with van der Waals surface area (Å²) in [7, 11) is 0. The molecular formula is C26H32FN3O3. The van der Waals surface area contributed by atoms with Crippen LogP contribution in [0.1, 0.15) is 53.0 Å². The Labute approximate surface area is 194 Å². The fourth-order valence-electron chi connectivity index (χ4n) is 4.33. The van der Waals surface area contributed by atoms with Crippen LogP contribution in [0.5, 0.6) is 0 Å². The van der Waals surface area contributed by atoms with Crippen molar-refractivity contribution in [2.24, 2.45) is 5.92 Å². The van der Waals surface area contributed by atoms with Crippen LogP contribution in [0.3, 0.4) is 0 Å². The summed E-state index contributed by atoms with van der Waals surface area (Å²) in [6, 6.07) is 12.2. The molecule has 0 spiro atoms. The van der Waals surface area contributed by atoms with E-state index in [4.69, 9.17) is 0 Å². The molecule has 1 saturated heterocycles.